The van der Waals surface area contributed by atoms with E-state index in [1.54, 1.807) is 18.2 Å². The first-order valence-corrected chi connectivity index (χ1v) is 9.96. The lowest BCUT2D eigenvalue weighted by atomic mass is 10.1. The molecular formula is C21H22N4O2S. The molecule has 0 fully saturated rings. The molecule has 0 spiro atoms. The molecular weight excluding hydrogens is 372 g/mol. The summed E-state index contributed by atoms with van der Waals surface area (Å²) in [5.41, 5.74) is 3.06. The first-order valence-electron chi connectivity index (χ1n) is 9.14. The van der Waals surface area contributed by atoms with Gasteiger partial charge in [-0.2, -0.15) is 0 Å². The lowest BCUT2D eigenvalue weighted by molar-refractivity contribution is 0.102. The molecule has 144 valence electrons. The number of carbonyl (C=O) groups is 1. The van der Waals surface area contributed by atoms with E-state index < -0.39 is 0 Å². The molecule has 0 aliphatic rings. The minimum Gasteiger partial charge on any atom is -0.385 e. The quantitative estimate of drug-likeness (QED) is 0.291. The fourth-order valence-electron chi connectivity index (χ4n) is 2.67. The average Bonchev–Trinajstić information content (AvgIpc) is 3.16. The van der Waals surface area contributed by atoms with Crippen LogP contribution in [-0.4, -0.2) is 12.5 Å². The van der Waals surface area contributed by atoms with Crippen molar-refractivity contribution < 1.29 is 4.79 Å². The standard InChI is InChI=1S/C21H22N4O2S/c1-2-3-13-22-16-9-10-17(18(14-16)23-15-7-5-4-6-8-15)21(26)24-19-11-12-20(25-27)28-19/h4-12,14,22-23H,2-3,13H2,1H3,(H,24,26). The first-order chi connectivity index (χ1) is 13.7. The van der Waals surface area contributed by atoms with Crippen molar-refractivity contribution in [2.75, 3.05) is 22.5 Å². The lowest BCUT2D eigenvalue weighted by Crippen LogP contribution is -2.13. The maximum absolute atomic E-state index is 12.8. The molecule has 3 N–H and O–H groups in total. The average molecular weight is 395 g/mol. The first kappa shape index (κ1) is 19.6. The fraction of sp³-hybridized carbons (Fsp3) is 0.190. The zero-order valence-corrected chi connectivity index (χ0v) is 16.4. The van der Waals surface area contributed by atoms with E-state index in [1.807, 2.05) is 42.5 Å². The van der Waals surface area contributed by atoms with Gasteiger partial charge < -0.3 is 16.0 Å². The van der Waals surface area contributed by atoms with E-state index in [0.29, 0.717) is 21.3 Å². The Bertz CT molecular complexity index is 941. The van der Waals surface area contributed by atoms with E-state index in [-0.39, 0.29) is 5.91 Å². The predicted molar refractivity (Wildman–Crippen MR) is 117 cm³/mol. The molecule has 1 aromatic heterocycles. The summed E-state index contributed by atoms with van der Waals surface area (Å²) >= 11 is 1.14. The van der Waals surface area contributed by atoms with Gasteiger partial charge in [0.2, 0.25) is 0 Å². The highest BCUT2D eigenvalue weighted by molar-refractivity contribution is 7.19. The minimum absolute atomic E-state index is 0.252. The smallest absolute Gasteiger partial charge is 0.258 e. The van der Waals surface area contributed by atoms with Gasteiger partial charge in [-0.3, -0.25) is 4.79 Å². The molecule has 0 saturated carbocycles. The number of nitrogens with zero attached hydrogens (tertiary/aromatic N) is 1. The van der Waals surface area contributed by atoms with Crippen molar-refractivity contribution in [2.24, 2.45) is 5.18 Å². The van der Waals surface area contributed by atoms with Crippen LogP contribution >= 0.6 is 11.3 Å². The summed E-state index contributed by atoms with van der Waals surface area (Å²) in [5.74, 6) is -0.252. The third-order valence-corrected chi connectivity index (χ3v) is 4.97. The van der Waals surface area contributed by atoms with Crippen LogP contribution in [0.5, 0.6) is 0 Å². The number of unbranched alkanes of at least 4 members (excludes halogenated alkanes) is 1. The van der Waals surface area contributed by atoms with E-state index in [0.717, 1.165) is 42.1 Å². The normalized spacial score (nSPS) is 10.3. The summed E-state index contributed by atoms with van der Waals surface area (Å²) in [7, 11) is 0. The molecule has 7 heteroatoms. The van der Waals surface area contributed by atoms with Crippen LogP contribution in [0.3, 0.4) is 0 Å². The summed E-state index contributed by atoms with van der Waals surface area (Å²) in [6, 6.07) is 18.6. The Balaban J connectivity index is 1.84. The van der Waals surface area contributed by atoms with Crippen LogP contribution in [0.15, 0.2) is 65.8 Å². The molecule has 2 aromatic carbocycles. The Morgan fingerprint density at radius 1 is 1.04 bits per heavy atom. The van der Waals surface area contributed by atoms with Crippen molar-refractivity contribution in [3.05, 3.63) is 71.1 Å². The van der Waals surface area contributed by atoms with Crippen LogP contribution in [0.25, 0.3) is 0 Å². The Morgan fingerprint density at radius 2 is 1.86 bits per heavy atom. The molecule has 6 nitrogen and oxygen atoms in total. The van der Waals surface area contributed by atoms with Gasteiger partial charge in [-0.05, 0) is 54.1 Å². The van der Waals surface area contributed by atoms with E-state index in [1.165, 1.54) is 0 Å². The number of hydrogen-bond donors (Lipinski definition) is 3. The monoisotopic (exact) mass is 394 g/mol. The van der Waals surface area contributed by atoms with Gasteiger partial charge >= 0.3 is 0 Å². The number of rotatable bonds is 9. The van der Waals surface area contributed by atoms with E-state index in [4.69, 9.17) is 0 Å². The third-order valence-electron chi connectivity index (χ3n) is 4.09. The molecule has 0 bridgehead atoms. The molecule has 0 aliphatic carbocycles. The van der Waals surface area contributed by atoms with Crippen molar-refractivity contribution in [2.45, 2.75) is 19.8 Å². The number of thiophene rings is 1. The number of carbonyl (C=O) groups excluding carboxylic acids is 1. The zero-order valence-electron chi connectivity index (χ0n) is 15.6. The largest absolute Gasteiger partial charge is 0.385 e. The van der Waals surface area contributed by atoms with Gasteiger partial charge in [0, 0.05) is 17.9 Å². The number of nitrogens with one attached hydrogen (secondary N) is 3. The molecule has 0 radical (unpaired) electrons. The lowest BCUT2D eigenvalue weighted by Gasteiger charge is -2.15. The maximum Gasteiger partial charge on any atom is 0.258 e. The summed E-state index contributed by atoms with van der Waals surface area (Å²) in [6.07, 6.45) is 2.19. The molecule has 0 unspecified atom stereocenters. The molecule has 3 aromatic rings. The van der Waals surface area contributed by atoms with Crippen LogP contribution in [-0.2, 0) is 0 Å². The second kappa shape index (κ2) is 9.66. The summed E-state index contributed by atoms with van der Waals surface area (Å²) < 4.78 is 0. The van der Waals surface area contributed by atoms with Gasteiger partial charge in [-0.15, -0.1) is 4.91 Å². The molecule has 1 amide bonds. The summed E-state index contributed by atoms with van der Waals surface area (Å²) in [4.78, 5) is 23.4. The van der Waals surface area contributed by atoms with Gasteiger partial charge in [0.25, 0.3) is 5.91 Å². The Morgan fingerprint density at radius 3 is 2.57 bits per heavy atom. The molecule has 0 aliphatic heterocycles. The van der Waals surface area contributed by atoms with Crippen molar-refractivity contribution in [3.8, 4) is 0 Å². The van der Waals surface area contributed by atoms with Crippen molar-refractivity contribution in [3.63, 3.8) is 0 Å². The molecule has 3 rings (SSSR count). The van der Waals surface area contributed by atoms with Gasteiger partial charge in [0.05, 0.1) is 16.3 Å². The van der Waals surface area contributed by atoms with Crippen molar-refractivity contribution in [1.29, 1.82) is 0 Å². The van der Waals surface area contributed by atoms with E-state index in [2.05, 4.69) is 28.1 Å². The van der Waals surface area contributed by atoms with Crippen LogP contribution in [0, 0.1) is 4.91 Å². The minimum atomic E-state index is -0.252. The van der Waals surface area contributed by atoms with Gasteiger partial charge in [-0.1, -0.05) is 42.9 Å². The van der Waals surface area contributed by atoms with Crippen molar-refractivity contribution >= 4 is 44.3 Å². The van der Waals surface area contributed by atoms with Gasteiger partial charge in [0.1, 0.15) is 0 Å². The van der Waals surface area contributed by atoms with Gasteiger partial charge in [-0.25, -0.2) is 0 Å². The summed E-state index contributed by atoms with van der Waals surface area (Å²) in [6.45, 7) is 3.02. The fourth-order valence-corrected chi connectivity index (χ4v) is 3.34. The molecule has 0 saturated heterocycles. The van der Waals surface area contributed by atoms with Crippen LogP contribution in [0.2, 0.25) is 0 Å². The number of amides is 1. The van der Waals surface area contributed by atoms with Gasteiger partial charge in [0.15, 0.2) is 5.00 Å². The maximum atomic E-state index is 12.8. The van der Waals surface area contributed by atoms with Crippen LogP contribution < -0.4 is 16.0 Å². The Hall–Kier alpha value is -3.19. The number of benzene rings is 2. The zero-order chi connectivity index (χ0) is 19.8. The van der Waals surface area contributed by atoms with Crippen molar-refractivity contribution in [1.82, 2.24) is 0 Å². The number of anilines is 4. The van der Waals surface area contributed by atoms with Crippen LogP contribution in [0.1, 0.15) is 30.1 Å². The highest BCUT2D eigenvalue weighted by Gasteiger charge is 2.14. The highest BCUT2D eigenvalue weighted by atomic mass is 32.1. The molecule has 1 heterocycles. The van der Waals surface area contributed by atoms with Crippen LogP contribution in [0.4, 0.5) is 27.1 Å². The van der Waals surface area contributed by atoms with E-state index >= 15 is 0 Å². The number of hydrogen-bond acceptors (Lipinski definition) is 6. The SMILES string of the molecule is CCCCNc1ccc(C(=O)Nc2ccc(N=O)s2)c(Nc2ccccc2)c1. The Labute approximate surface area is 168 Å². The third kappa shape index (κ3) is 5.17. The topological polar surface area (TPSA) is 82.6 Å². The predicted octanol–water partition coefficient (Wildman–Crippen LogP) is 6.35. The molecule has 0 atom stereocenters. The number of para-hydroxylation sites is 1. The Kier molecular flexibility index (Phi) is 6.75. The second-order valence-corrected chi connectivity index (χ2v) is 7.28. The van der Waals surface area contributed by atoms with E-state index in [9.17, 15) is 9.70 Å². The second-order valence-electron chi connectivity index (χ2n) is 6.22. The highest BCUT2D eigenvalue weighted by Crippen LogP contribution is 2.31. The number of nitroso groups, excluding NO2 is 1. The molecule has 28 heavy (non-hydrogen) atoms. The summed E-state index contributed by atoms with van der Waals surface area (Å²) in [5, 5.41) is 13.3.